The van der Waals surface area contributed by atoms with Crippen LogP contribution in [0.4, 0.5) is 5.82 Å². The molecular formula is C12H14N4O. The minimum absolute atomic E-state index is 0.416. The molecular weight excluding hydrogens is 216 g/mol. The zero-order valence-corrected chi connectivity index (χ0v) is 9.84. The maximum Gasteiger partial charge on any atom is 0.163 e. The lowest BCUT2D eigenvalue weighted by molar-refractivity contribution is 0.181. The van der Waals surface area contributed by atoms with Crippen molar-refractivity contribution in [2.24, 2.45) is 0 Å². The molecule has 88 valence electrons. The van der Waals surface area contributed by atoms with E-state index < -0.39 is 0 Å². The second-order valence-corrected chi connectivity index (χ2v) is 3.73. The normalized spacial score (nSPS) is 10.5. The molecule has 0 aromatic carbocycles. The molecule has 5 nitrogen and oxygen atoms in total. The summed E-state index contributed by atoms with van der Waals surface area (Å²) in [6, 6.07) is 5.54. The molecule has 0 fully saturated rings. The molecule has 2 N–H and O–H groups in total. The van der Waals surface area contributed by atoms with Gasteiger partial charge in [-0.05, 0) is 19.1 Å². The molecule has 0 aliphatic rings. The van der Waals surface area contributed by atoms with Gasteiger partial charge >= 0.3 is 0 Å². The summed E-state index contributed by atoms with van der Waals surface area (Å²) in [5, 5.41) is 0. The summed E-state index contributed by atoms with van der Waals surface area (Å²) >= 11 is 0. The van der Waals surface area contributed by atoms with Crippen molar-refractivity contribution in [1.29, 1.82) is 0 Å². The van der Waals surface area contributed by atoms with Crippen LogP contribution in [0, 0.1) is 6.92 Å². The third-order valence-electron chi connectivity index (χ3n) is 2.26. The molecule has 2 aromatic rings. The van der Waals surface area contributed by atoms with Gasteiger partial charge in [0.05, 0.1) is 12.3 Å². The van der Waals surface area contributed by atoms with Gasteiger partial charge in [-0.15, -0.1) is 0 Å². The van der Waals surface area contributed by atoms with Crippen LogP contribution >= 0.6 is 0 Å². The largest absolute Gasteiger partial charge is 0.384 e. The fourth-order valence-corrected chi connectivity index (χ4v) is 1.47. The molecule has 2 heterocycles. The van der Waals surface area contributed by atoms with Gasteiger partial charge in [-0.3, -0.25) is 4.98 Å². The summed E-state index contributed by atoms with van der Waals surface area (Å²) in [5.74, 6) is 1.01. The van der Waals surface area contributed by atoms with E-state index in [1.54, 1.807) is 19.4 Å². The Labute approximate surface area is 99.7 Å². The molecule has 2 rings (SSSR count). The SMILES string of the molecule is COCc1cc(N)nc(-c2ccc(C)nc2)n1. The first kappa shape index (κ1) is 11.5. The predicted molar refractivity (Wildman–Crippen MR) is 65.1 cm³/mol. The first-order valence-corrected chi connectivity index (χ1v) is 5.24. The van der Waals surface area contributed by atoms with Crippen LogP contribution in [0.25, 0.3) is 11.4 Å². The quantitative estimate of drug-likeness (QED) is 0.866. The number of nitrogens with zero attached hydrogens (tertiary/aromatic N) is 3. The molecule has 0 aliphatic carbocycles. The average Bonchev–Trinajstić information content (AvgIpc) is 2.29. The van der Waals surface area contributed by atoms with E-state index in [1.165, 1.54) is 0 Å². The first-order valence-electron chi connectivity index (χ1n) is 5.24. The van der Waals surface area contributed by atoms with Crippen LogP contribution in [0.3, 0.4) is 0 Å². The number of hydrogen-bond acceptors (Lipinski definition) is 5. The molecule has 0 radical (unpaired) electrons. The molecule has 0 bridgehead atoms. The van der Waals surface area contributed by atoms with Crippen LogP contribution in [-0.4, -0.2) is 22.1 Å². The zero-order valence-electron chi connectivity index (χ0n) is 9.84. The number of methoxy groups -OCH3 is 1. The fraction of sp³-hybridized carbons (Fsp3) is 0.250. The van der Waals surface area contributed by atoms with E-state index in [-0.39, 0.29) is 0 Å². The lowest BCUT2D eigenvalue weighted by Gasteiger charge is -2.05. The minimum atomic E-state index is 0.416. The molecule has 0 unspecified atom stereocenters. The maximum atomic E-state index is 5.73. The van der Waals surface area contributed by atoms with Crippen molar-refractivity contribution in [3.8, 4) is 11.4 Å². The highest BCUT2D eigenvalue weighted by molar-refractivity contribution is 5.55. The number of aryl methyl sites for hydroxylation is 1. The van der Waals surface area contributed by atoms with Crippen molar-refractivity contribution in [1.82, 2.24) is 15.0 Å². The first-order chi connectivity index (χ1) is 8.19. The van der Waals surface area contributed by atoms with Crippen molar-refractivity contribution < 1.29 is 4.74 Å². The van der Waals surface area contributed by atoms with E-state index in [2.05, 4.69) is 15.0 Å². The molecule has 5 heteroatoms. The number of anilines is 1. The monoisotopic (exact) mass is 230 g/mol. The van der Waals surface area contributed by atoms with E-state index in [0.29, 0.717) is 18.2 Å². The van der Waals surface area contributed by atoms with E-state index in [9.17, 15) is 0 Å². The van der Waals surface area contributed by atoms with Crippen LogP contribution in [0.1, 0.15) is 11.4 Å². The molecule has 0 aliphatic heterocycles. The Hall–Kier alpha value is -2.01. The third-order valence-corrected chi connectivity index (χ3v) is 2.26. The van der Waals surface area contributed by atoms with Crippen LogP contribution in [0.15, 0.2) is 24.4 Å². The average molecular weight is 230 g/mol. The second-order valence-electron chi connectivity index (χ2n) is 3.73. The van der Waals surface area contributed by atoms with E-state index >= 15 is 0 Å². The Kier molecular flexibility index (Phi) is 3.30. The minimum Gasteiger partial charge on any atom is -0.384 e. The number of hydrogen-bond donors (Lipinski definition) is 1. The number of rotatable bonds is 3. The second kappa shape index (κ2) is 4.88. The van der Waals surface area contributed by atoms with E-state index in [0.717, 1.165) is 17.0 Å². The van der Waals surface area contributed by atoms with E-state index in [1.807, 2.05) is 19.1 Å². The number of aromatic nitrogens is 3. The molecule has 0 saturated heterocycles. The van der Waals surface area contributed by atoms with Crippen molar-refractivity contribution in [3.63, 3.8) is 0 Å². The standard InChI is InChI=1S/C12H14N4O/c1-8-3-4-9(6-14-8)12-15-10(7-17-2)5-11(13)16-12/h3-6H,7H2,1-2H3,(H2,13,15,16). The van der Waals surface area contributed by atoms with Gasteiger partial charge < -0.3 is 10.5 Å². The highest BCUT2D eigenvalue weighted by Gasteiger charge is 2.05. The summed E-state index contributed by atoms with van der Waals surface area (Å²) < 4.78 is 5.03. The van der Waals surface area contributed by atoms with Crippen molar-refractivity contribution in [2.75, 3.05) is 12.8 Å². The third kappa shape index (κ3) is 2.76. The Morgan fingerprint density at radius 2 is 2.12 bits per heavy atom. The molecule has 0 saturated carbocycles. The van der Waals surface area contributed by atoms with Gasteiger partial charge in [-0.1, -0.05) is 0 Å². The van der Waals surface area contributed by atoms with Gasteiger partial charge in [0.1, 0.15) is 5.82 Å². The van der Waals surface area contributed by atoms with Crippen molar-refractivity contribution in [3.05, 3.63) is 35.8 Å². The number of ether oxygens (including phenoxy) is 1. The maximum absolute atomic E-state index is 5.73. The highest BCUT2D eigenvalue weighted by Crippen LogP contribution is 2.16. The Bertz CT molecular complexity index is 510. The molecule has 2 aromatic heterocycles. The Balaban J connectivity index is 2.40. The van der Waals surface area contributed by atoms with Gasteiger partial charge in [0.25, 0.3) is 0 Å². The van der Waals surface area contributed by atoms with Gasteiger partial charge in [0, 0.05) is 30.6 Å². The van der Waals surface area contributed by atoms with Crippen molar-refractivity contribution in [2.45, 2.75) is 13.5 Å². The van der Waals surface area contributed by atoms with Gasteiger partial charge in [0.15, 0.2) is 5.82 Å². The predicted octanol–water partition coefficient (Wildman–Crippen LogP) is 1.58. The van der Waals surface area contributed by atoms with Gasteiger partial charge in [-0.25, -0.2) is 9.97 Å². The molecule has 0 atom stereocenters. The molecule has 17 heavy (non-hydrogen) atoms. The number of nitrogen functional groups attached to an aromatic ring is 1. The highest BCUT2D eigenvalue weighted by atomic mass is 16.5. The van der Waals surface area contributed by atoms with Crippen LogP contribution < -0.4 is 5.73 Å². The van der Waals surface area contributed by atoms with E-state index in [4.69, 9.17) is 10.5 Å². The summed E-state index contributed by atoms with van der Waals surface area (Å²) in [4.78, 5) is 12.8. The lowest BCUT2D eigenvalue weighted by Crippen LogP contribution is -2.01. The Morgan fingerprint density at radius 1 is 1.29 bits per heavy atom. The zero-order chi connectivity index (χ0) is 12.3. The smallest absolute Gasteiger partial charge is 0.163 e. The van der Waals surface area contributed by atoms with Gasteiger partial charge in [-0.2, -0.15) is 0 Å². The fourth-order valence-electron chi connectivity index (χ4n) is 1.47. The molecule has 0 amide bonds. The number of nitrogens with two attached hydrogens (primary N) is 1. The topological polar surface area (TPSA) is 73.9 Å². The summed E-state index contributed by atoms with van der Waals surface area (Å²) in [6.07, 6.45) is 1.74. The van der Waals surface area contributed by atoms with Gasteiger partial charge in [0.2, 0.25) is 0 Å². The number of pyridine rings is 1. The summed E-state index contributed by atoms with van der Waals surface area (Å²) in [6.45, 7) is 2.35. The van der Waals surface area contributed by atoms with Crippen LogP contribution in [-0.2, 0) is 11.3 Å². The summed E-state index contributed by atoms with van der Waals surface area (Å²) in [5.41, 5.74) is 8.29. The van der Waals surface area contributed by atoms with Crippen LogP contribution in [0.2, 0.25) is 0 Å². The van der Waals surface area contributed by atoms with Crippen LogP contribution in [0.5, 0.6) is 0 Å². The molecule has 0 spiro atoms. The Morgan fingerprint density at radius 3 is 2.76 bits per heavy atom. The summed E-state index contributed by atoms with van der Waals surface area (Å²) in [7, 11) is 1.62. The lowest BCUT2D eigenvalue weighted by atomic mass is 10.2. The van der Waals surface area contributed by atoms with Crippen molar-refractivity contribution >= 4 is 5.82 Å².